The summed E-state index contributed by atoms with van der Waals surface area (Å²) in [5, 5.41) is 0. The molecule has 2 nitrogen and oxygen atoms in total. The molecule has 0 saturated carbocycles. The van der Waals surface area contributed by atoms with E-state index in [1.807, 2.05) is 0 Å². The lowest BCUT2D eigenvalue weighted by atomic mass is 9.97. The number of hydrogen-bond donors (Lipinski definition) is 2. The number of aryl methyl sites for hydroxylation is 1. The summed E-state index contributed by atoms with van der Waals surface area (Å²) in [6.07, 6.45) is 8.87. The predicted octanol–water partition coefficient (Wildman–Crippen LogP) is 4.92. The first-order valence-electron chi connectivity index (χ1n) is 8.02. The van der Waals surface area contributed by atoms with Crippen molar-refractivity contribution in [3.05, 3.63) is 34.9 Å². The third-order valence-corrected chi connectivity index (χ3v) is 3.97. The second kappa shape index (κ2) is 9.85. The monoisotopic (exact) mass is 298 g/mol. The van der Waals surface area contributed by atoms with Crippen molar-refractivity contribution in [3.63, 3.8) is 0 Å². The molecule has 1 unspecified atom stereocenters. The third-order valence-electron chi connectivity index (χ3n) is 3.97. The van der Waals surface area contributed by atoms with Gasteiger partial charge in [0.1, 0.15) is 11.6 Å². The minimum absolute atomic E-state index is 0.0727. The van der Waals surface area contributed by atoms with Crippen molar-refractivity contribution in [2.24, 2.45) is 5.84 Å². The zero-order valence-corrected chi connectivity index (χ0v) is 13.2. The van der Waals surface area contributed by atoms with Crippen LogP contribution in [0.25, 0.3) is 0 Å². The van der Waals surface area contributed by atoms with Gasteiger partial charge < -0.3 is 0 Å². The smallest absolute Gasteiger partial charge is 0.133 e. The Labute approximate surface area is 127 Å². The lowest BCUT2D eigenvalue weighted by molar-refractivity contribution is 0.432. The van der Waals surface area contributed by atoms with Crippen LogP contribution in [0.15, 0.2) is 12.1 Å². The number of unbranched alkanes of at least 4 members (excludes halogenated alkanes) is 6. The minimum Gasteiger partial charge on any atom is -0.271 e. The van der Waals surface area contributed by atoms with Gasteiger partial charge in [-0.05, 0) is 25.0 Å². The van der Waals surface area contributed by atoms with Crippen LogP contribution >= 0.6 is 0 Å². The number of nitrogens with one attached hydrogen (secondary N) is 1. The molecule has 1 aromatic rings. The third kappa shape index (κ3) is 5.71. The van der Waals surface area contributed by atoms with Gasteiger partial charge in [0.05, 0.1) is 6.04 Å². The Balaban J connectivity index is 2.47. The van der Waals surface area contributed by atoms with E-state index in [9.17, 15) is 8.78 Å². The van der Waals surface area contributed by atoms with Gasteiger partial charge in [0.25, 0.3) is 0 Å². The molecule has 1 atom stereocenters. The summed E-state index contributed by atoms with van der Waals surface area (Å²) < 4.78 is 27.9. The number of nitrogens with two attached hydrogens (primary N) is 1. The fraction of sp³-hybridized carbons (Fsp3) is 0.647. The van der Waals surface area contributed by atoms with Gasteiger partial charge in [-0.25, -0.2) is 8.78 Å². The first-order chi connectivity index (χ1) is 10.1. The molecule has 0 saturated heterocycles. The summed E-state index contributed by atoms with van der Waals surface area (Å²) in [5.41, 5.74) is 3.08. The molecular weight excluding hydrogens is 270 g/mol. The number of rotatable bonds is 10. The van der Waals surface area contributed by atoms with E-state index in [1.54, 1.807) is 6.92 Å². The van der Waals surface area contributed by atoms with Crippen LogP contribution in [-0.4, -0.2) is 0 Å². The number of hydrazine groups is 1. The van der Waals surface area contributed by atoms with Crippen molar-refractivity contribution >= 4 is 0 Å². The van der Waals surface area contributed by atoms with Crippen molar-refractivity contribution < 1.29 is 8.78 Å². The zero-order valence-electron chi connectivity index (χ0n) is 13.2. The van der Waals surface area contributed by atoms with Crippen LogP contribution in [0.2, 0.25) is 0 Å². The summed E-state index contributed by atoms with van der Waals surface area (Å²) in [7, 11) is 0. The first-order valence-corrected chi connectivity index (χ1v) is 8.02. The number of benzene rings is 1. The van der Waals surface area contributed by atoms with Crippen molar-refractivity contribution in [1.29, 1.82) is 0 Å². The van der Waals surface area contributed by atoms with Gasteiger partial charge in [0, 0.05) is 5.56 Å². The first kappa shape index (κ1) is 18.1. The van der Waals surface area contributed by atoms with Crippen LogP contribution in [0.5, 0.6) is 0 Å². The quantitative estimate of drug-likeness (QED) is 0.365. The van der Waals surface area contributed by atoms with Crippen molar-refractivity contribution in [1.82, 2.24) is 5.43 Å². The highest BCUT2D eigenvalue weighted by Crippen LogP contribution is 2.26. The van der Waals surface area contributed by atoms with E-state index in [0.717, 1.165) is 12.8 Å². The predicted molar refractivity (Wildman–Crippen MR) is 83.8 cm³/mol. The molecule has 0 fully saturated rings. The maximum absolute atomic E-state index is 14.1. The van der Waals surface area contributed by atoms with Gasteiger partial charge in [-0.1, -0.05) is 57.9 Å². The summed E-state index contributed by atoms with van der Waals surface area (Å²) in [6.45, 7) is 3.84. The molecule has 21 heavy (non-hydrogen) atoms. The lowest BCUT2D eigenvalue weighted by Gasteiger charge is -2.18. The van der Waals surface area contributed by atoms with Crippen LogP contribution < -0.4 is 11.3 Å². The Morgan fingerprint density at radius 2 is 1.67 bits per heavy atom. The highest BCUT2D eigenvalue weighted by Gasteiger charge is 2.20. The average molecular weight is 298 g/mol. The highest BCUT2D eigenvalue weighted by atomic mass is 19.1. The molecule has 0 amide bonds. The molecule has 0 aromatic heterocycles. The Hall–Kier alpha value is -1.00. The molecule has 0 aliphatic carbocycles. The molecule has 1 rings (SSSR count). The van der Waals surface area contributed by atoms with Crippen LogP contribution in [0.1, 0.15) is 75.5 Å². The fourth-order valence-electron chi connectivity index (χ4n) is 2.61. The normalized spacial score (nSPS) is 12.6. The Morgan fingerprint density at radius 1 is 1.05 bits per heavy atom. The standard InChI is InChI=1S/C17H28F2N2/c1-3-4-5-6-7-8-9-10-15(21-20)16-14(18)12-11-13(2)17(16)19/h11-12,15,21H,3-10,20H2,1-2H3. The van der Waals surface area contributed by atoms with Gasteiger partial charge in [-0.2, -0.15) is 0 Å². The zero-order chi connectivity index (χ0) is 15.7. The van der Waals surface area contributed by atoms with Crippen LogP contribution in [0, 0.1) is 18.6 Å². The molecule has 0 aliphatic heterocycles. The van der Waals surface area contributed by atoms with E-state index >= 15 is 0 Å². The van der Waals surface area contributed by atoms with E-state index in [2.05, 4.69) is 12.3 Å². The van der Waals surface area contributed by atoms with E-state index in [4.69, 9.17) is 5.84 Å². The summed E-state index contributed by atoms with van der Waals surface area (Å²) >= 11 is 0. The lowest BCUT2D eigenvalue weighted by Crippen LogP contribution is -2.29. The van der Waals surface area contributed by atoms with E-state index in [0.29, 0.717) is 12.0 Å². The van der Waals surface area contributed by atoms with Gasteiger partial charge in [-0.15, -0.1) is 0 Å². The maximum atomic E-state index is 14.1. The molecule has 0 bridgehead atoms. The summed E-state index contributed by atoms with van der Waals surface area (Å²) in [6, 6.07) is 2.30. The molecule has 0 heterocycles. The summed E-state index contributed by atoms with van der Waals surface area (Å²) in [4.78, 5) is 0. The SMILES string of the molecule is CCCCCCCCCC(NN)c1c(F)ccc(C)c1F. The fourth-order valence-corrected chi connectivity index (χ4v) is 2.61. The Kier molecular flexibility index (Phi) is 8.47. The molecule has 120 valence electrons. The van der Waals surface area contributed by atoms with Crippen molar-refractivity contribution in [2.75, 3.05) is 0 Å². The van der Waals surface area contributed by atoms with Crippen molar-refractivity contribution in [2.45, 2.75) is 71.3 Å². The number of hydrogen-bond acceptors (Lipinski definition) is 2. The van der Waals surface area contributed by atoms with Gasteiger partial charge in [-0.3, -0.25) is 11.3 Å². The minimum atomic E-state index is -0.524. The van der Waals surface area contributed by atoms with Crippen molar-refractivity contribution in [3.8, 4) is 0 Å². The molecule has 1 aromatic carbocycles. The molecule has 4 heteroatoms. The second-order valence-corrected chi connectivity index (χ2v) is 5.72. The van der Waals surface area contributed by atoms with Crippen LogP contribution in [0.3, 0.4) is 0 Å². The molecule has 0 spiro atoms. The highest BCUT2D eigenvalue weighted by molar-refractivity contribution is 5.29. The largest absolute Gasteiger partial charge is 0.271 e. The van der Waals surface area contributed by atoms with E-state index in [-0.39, 0.29) is 5.56 Å². The molecule has 0 radical (unpaired) electrons. The Morgan fingerprint density at radius 3 is 2.29 bits per heavy atom. The molecular formula is C17H28F2N2. The van der Waals surface area contributed by atoms with Gasteiger partial charge in [0.2, 0.25) is 0 Å². The van der Waals surface area contributed by atoms with Gasteiger partial charge >= 0.3 is 0 Å². The Bertz CT molecular complexity index is 421. The molecule has 0 aliphatic rings. The van der Waals surface area contributed by atoms with E-state index in [1.165, 1.54) is 44.2 Å². The topological polar surface area (TPSA) is 38.0 Å². The summed E-state index contributed by atoms with van der Waals surface area (Å²) in [5.74, 6) is 4.48. The van der Waals surface area contributed by atoms with Crippen LogP contribution in [0.4, 0.5) is 8.78 Å². The second-order valence-electron chi connectivity index (χ2n) is 5.72. The van der Waals surface area contributed by atoms with Crippen LogP contribution in [-0.2, 0) is 0 Å². The maximum Gasteiger partial charge on any atom is 0.133 e. The van der Waals surface area contributed by atoms with E-state index < -0.39 is 17.7 Å². The average Bonchev–Trinajstić information content (AvgIpc) is 2.48. The molecule has 3 N–H and O–H groups in total. The number of halogens is 2. The van der Waals surface area contributed by atoms with Gasteiger partial charge in [0.15, 0.2) is 0 Å².